The molecule has 0 unspecified atom stereocenters. The van der Waals surface area contributed by atoms with Gasteiger partial charge in [-0.2, -0.15) is 4.90 Å². The summed E-state index contributed by atoms with van der Waals surface area (Å²) in [6.45, 7) is 8.97. The molecule has 0 aromatic heterocycles. The molecule has 0 atom stereocenters. The Morgan fingerprint density at radius 2 is 1.43 bits per heavy atom. The number of hydrogen-bond donors (Lipinski definition) is 1. The lowest BCUT2D eigenvalue weighted by Gasteiger charge is -2.29. The SMILES string of the molecule is CC(C)(C)OC(=O)N(C(=O)OC(C)(C)C)c1c(F)ccc(CC(=O)c2cc(N)cc(F)c2Cl)c1F. The molecule has 0 bridgehead atoms. The maximum Gasteiger partial charge on any atom is 0.424 e. The second-order valence-corrected chi connectivity index (χ2v) is 10.0. The predicted molar refractivity (Wildman–Crippen MR) is 125 cm³/mol. The lowest BCUT2D eigenvalue weighted by molar-refractivity contribution is 0.0426. The van der Waals surface area contributed by atoms with Crippen molar-refractivity contribution in [1.82, 2.24) is 0 Å². The molecule has 0 aliphatic rings. The van der Waals surface area contributed by atoms with E-state index in [0.29, 0.717) is 0 Å². The quantitative estimate of drug-likeness (QED) is 0.372. The molecule has 0 aliphatic carbocycles. The number of Topliss-reactive ketones (excluding diaryl/α,β-unsaturated/α-hetero) is 1. The van der Waals surface area contributed by atoms with Gasteiger partial charge in [0.15, 0.2) is 17.4 Å². The van der Waals surface area contributed by atoms with Gasteiger partial charge in [-0.3, -0.25) is 4.79 Å². The van der Waals surface area contributed by atoms with Gasteiger partial charge < -0.3 is 15.2 Å². The number of imide groups is 1. The fourth-order valence-corrected chi connectivity index (χ4v) is 3.09. The van der Waals surface area contributed by atoms with Crippen molar-refractivity contribution in [2.75, 3.05) is 10.6 Å². The maximum absolute atomic E-state index is 15.5. The number of ketones is 1. The molecule has 0 saturated carbocycles. The molecule has 35 heavy (non-hydrogen) atoms. The number of carbonyl (C=O) groups is 3. The Labute approximate surface area is 205 Å². The average molecular weight is 515 g/mol. The Bertz CT molecular complexity index is 1150. The number of nitrogens with two attached hydrogens (primary N) is 1. The van der Waals surface area contributed by atoms with Crippen LogP contribution in [0.2, 0.25) is 5.02 Å². The highest BCUT2D eigenvalue weighted by Crippen LogP contribution is 2.31. The summed E-state index contributed by atoms with van der Waals surface area (Å²) < 4.78 is 54.5. The van der Waals surface area contributed by atoms with Crippen molar-refractivity contribution in [3.63, 3.8) is 0 Å². The van der Waals surface area contributed by atoms with Crippen LogP contribution in [0.1, 0.15) is 57.5 Å². The highest BCUT2D eigenvalue weighted by Gasteiger charge is 2.37. The molecule has 0 fully saturated rings. The molecule has 0 heterocycles. The van der Waals surface area contributed by atoms with Gasteiger partial charge in [0, 0.05) is 17.7 Å². The van der Waals surface area contributed by atoms with Gasteiger partial charge >= 0.3 is 12.2 Å². The molecule has 0 aliphatic heterocycles. The van der Waals surface area contributed by atoms with Crippen molar-refractivity contribution in [2.45, 2.75) is 59.2 Å². The molecule has 2 aromatic carbocycles. The van der Waals surface area contributed by atoms with Gasteiger partial charge in [0.25, 0.3) is 0 Å². The maximum atomic E-state index is 15.5. The topological polar surface area (TPSA) is 98.9 Å². The summed E-state index contributed by atoms with van der Waals surface area (Å²) in [5, 5.41) is -0.518. The number of ether oxygens (including phenoxy) is 2. The van der Waals surface area contributed by atoms with Gasteiger partial charge in [0.2, 0.25) is 0 Å². The smallest absolute Gasteiger partial charge is 0.424 e. The minimum Gasteiger partial charge on any atom is -0.443 e. The Morgan fingerprint density at radius 1 is 0.914 bits per heavy atom. The van der Waals surface area contributed by atoms with E-state index in [1.165, 1.54) is 41.5 Å². The number of carbonyl (C=O) groups excluding carboxylic acids is 3. The van der Waals surface area contributed by atoms with Crippen molar-refractivity contribution < 1.29 is 37.0 Å². The van der Waals surface area contributed by atoms with E-state index < -0.39 is 69.3 Å². The Hall–Kier alpha value is -3.27. The number of nitrogen functional groups attached to an aromatic ring is 1. The van der Waals surface area contributed by atoms with E-state index in [9.17, 15) is 23.2 Å². The predicted octanol–water partition coefficient (Wildman–Crippen LogP) is 6.44. The Balaban J connectivity index is 2.57. The molecule has 0 spiro atoms. The van der Waals surface area contributed by atoms with Crippen molar-refractivity contribution in [1.29, 1.82) is 0 Å². The minimum absolute atomic E-state index is 0.0856. The summed E-state index contributed by atoms with van der Waals surface area (Å²) in [4.78, 5) is 38.4. The van der Waals surface area contributed by atoms with E-state index in [2.05, 4.69) is 0 Å². The molecule has 0 radical (unpaired) electrons. The van der Waals surface area contributed by atoms with Crippen LogP contribution in [0.4, 0.5) is 34.1 Å². The number of rotatable bonds is 4. The third kappa shape index (κ3) is 7.11. The molecule has 190 valence electrons. The normalized spacial score (nSPS) is 11.7. The zero-order chi connectivity index (χ0) is 26.9. The largest absolute Gasteiger partial charge is 0.443 e. The van der Waals surface area contributed by atoms with Gasteiger partial charge in [-0.1, -0.05) is 17.7 Å². The minimum atomic E-state index is -1.39. The van der Waals surface area contributed by atoms with Crippen LogP contribution in [0.15, 0.2) is 24.3 Å². The summed E-state index contributed by atoms with van der Waals surface area (Å²) in [6, 6.07) is 3.74. The number of hydrogen-bond acceptors (Lipinski definition) is 6. The Morgan fingerprint density at radius 3 is 1.91 bits per heavy atom. The summed E-state index contributed by atoms with van der Waals surface area (Å²) >= 11 is 5.84. The van der Waals surface area contributed by atoms with E-state index >= 15 is 4.39 Å². The fourth-order valence-electron chi connectivity index (χ4n) is 2.88. The van der Waals surface area contributed by atoms with Crippen LogP contribution in [0.25, 0.3) is 0 Å². The first-order chi connectivity index (χ1) is 15.9. The number of halogens is 4. The first kappa shape index (κ1) is 28.0. The zero-order valence-corrected chi connectivity index (χ0v) is 20.9. The molecule has 7 nitrogen and oxygen atoms in total. The first-order valence-electron chi connectivity index (χ1n) is 10.4. The van der Waals surface area contributed by atoms with Crippen molar-refractivity contribution in [3.05, 3.63) is 57.9 Å². The Kier molecular flexibility index (Phi) is 8.11. The second-order valence-electron chi connectivity index (χ2n) is 9.63. The molecule has 2 aromatic rings. The monoisotopic (exact) mass is 514 g/mol. The van der Waals surface area contributed by atoms with E-state index in [1.807, 2.05) is 0 Å². The molecule has 0 saturated heterocycles. The van der Waals surface area contributed by atoms with Crippen LogP contribution >= 0.6 is 11.6 Å². The molecular formula is C24H26ClF3N2O5. The van der Waals surface area contributed by atoms with Gasteiger partial charge in [0.05, 0.1) is 5.02 Å². The lowest BCUT2D eigenvalue weighted by atomic mass is 10.0. The molecular weight excluding hydrogens is 489 g/mol. The van der Waals surface area contributed by atoms with Crippen LogP contribution in [0.5, 0.6) is 0 Å². The third-order valence-corrected chi connectivity index (χ3v) is 4.61. The van der Waals surface area contributed by atoms with Crippen LogP contribution < -0.4 is 10.6 Å². The fraction of sp³-hybridized carbons (Fsp3) is 0.375. The molecule has 2 rings (SSSR count). The van der Waals surface area contributed by atoms with E-state index in [1.54, 1.807) is 0 Å². The molecule has 2 amide bonds. The molecule has 11 heteroatoms. The number of nitrogens with zero attached hydrogens (tertiary/aromatic N) is 1. The van der Waals surface area contributed by atoms with E-state index in [-0.39, 0.29) is 16.2 Å². The highest BCUT2D eigenvalue weighted by molar-refractivity contribution is 6.34. The summed E-state index contributed by atoms with van der Waals surface area (Å²) in [6.07, 6.45) is -3.50. The van der Waals surface area contributed by atoms with Crippen LogP contribution in [0, 0.1) is 17.5 Å². The lowest BCUT2D eigenvalue weighted by Crippen LogP contribution is -2.44. The van der Waals surface area contributed by atoms with Crippen LogP contribution in [-0.4, -0.2) is 29.2 Å². The third-order valence-electron chi connectivity index (χ3n) is 4.22. The van der Waals surface area contributed by atoms with Crippen molar-refractivity contribution >= 4 is 40.9 Å². The zero-order valence-electron chi connectivity index (χ0n) is 20.1. The van der Waals surface area contributed by atoms with Gasteiger partial charge in [-0.25, -0.2) is 22.8 Å². The molecule has 2 N–H and O–H groups in total. The van der Waals surface area contributed by atoms with Crippen molar-refractivity contribution in [3.8, 4) is 0 Å². The van der Waals surface area contributed by atoms with Gasteiger partial charge in [-0.15, -0.1) is 0 Å². The van der Waals surface area contributed by atoms with Crippen molar-refractivity contribution in [2.24, 2.45) is 0 Å². The van der Waals surface area contributed by atoms with Crippen LogP contribution in [0.3, 0.4) is 0 Å². The second kappa shape index (κ2) is 10.2. The number of benzene rings is 2. The number of anilines is 2. The van der Waals surface area contributed by atoms with Crippen LogP contribution in [-0.2, 0) is 15.9 Å². The van der Waals surface area contributed by atoms with E-state index in [0.717, 1.165) is 24.3 Å². The van der Waals surface area contributed by atoms with E-state index in [4.69, 9.17) is 26.8 Å². The standard InChI is InChI=1S/C24H26ClF3N2O5/c1-23(2,3)34-21(32)30(22(33)35-24(4,5)6)20-15(26)8-7-12(19(20)28)9-17(31)14-10-13(29)11-16(27)18(14)25/h7-8,10-11H,9,29H2,1-6H3. The highest BCUT2D eigenvalue weighted by atomic mass is 35.5. The van der Waals surface area contributed by atoms with Gasteiger partial charge in [-0.05, 0) is 65.3 Å². The summed E-state index contributed by atoms with van der Waals surface area (Å²) in [5.41, 5.74) is 1.42. The first-order valence-corrected chi connectivity index (χ1v) is 10.8. The summed E-state index contributed by atoms with van der Waals surface area (Å²) in [5.74, 6) is -4.46. The average Bonchev–Trinajstić information content (AvgIpc) is 2.66. The summed E-state index contributed by atoms with van der Waals surface area (Å²) in [7, 11) is 0. The number of amides is 2. The van der Waals surface area contributed by atoms with Gasteiger partial charge in [0.1, 0.15) is 22.7 Å².